The molecule has 1 rings (SSSR count). The maximum atomic E-state index is 11.4. The molecular formula is C13H21N3O3. The van der Waals surface area contributed by atoms with Crippen LogP contribution in [0.25, 0.3) is 0 Å². The highest BCUT2D eigenvalue weighted by Crippen LogP contribution is 2.28. The number of hydrogen-bond donors (Lipinski definition) is 2. The molecule has 0 heterocycles. The minimum absolute atomic E-state index is 0.363. The second-order valence-corrected chi connectivity index (χ2v) is 4.34. The molecule has 0 atom stereocenters. The molecule has 1 aromatic rings. The molecule has 0 radical (unpaired) electrons. The molecule has 1 aromatic carbocycles. The van der Waals surface area contributed by atoms with Crippen molar-refractivity contribution in [1.29, 1.82) is 0 Å². The normalized spacial score (nSPS) is 10.4. The maximum absolute atomic E-state index is 11.4. The van der Waals surface area contributed by atoms with Crippen LogP contribution in [0.15, 0.2) is 18.2 Å². The number of benzene rings is 1. The van der Waals surface area contributed by atoms with Crippen molar-refractivity contribution in [3.63, 3.8) is 0 Å². The highest BCUT2D eigenvalue weighted by atomic mass is 16.5. The molecule has 1 amide bonds. The molecule has 0 aliphatic rings. The molecule has 0 aromatic heterocycles. The second-order valence-electron chi connectivity index (χ2n) is 4.34. The van der Waals surface area contributed by atoms with Crippen molar-refractivity contribution in [1.82, 2.24) is 10.3 Å². The number of hydrogen-bond acceptors (Lipinski definition) is 5. The van der Waals surface area contributed by atoms with Crippen LogP contribution >= 0.6 is 0 Å². The average molecular weight is 267 g/mol. The molecule has 0 fully saturated rings. The van der Waals surface area contributed by atoms with Gasteiger partial charge in [0.15, 0.2) is 11.5 Å². The van der Waals surface area contributed by atoms with Gasteiger partial charge in [0, 0.05) is 12.1 Å². The summed E-state index contributed by atoms with van der Waals surface area (Å²) in [5.74, 6) is 5.86. The van der Waals surface area contributed by atoms with Crippen LogP contribution in [0.4, 0.5) is 0 Å². The number of hydrazine groups is 1. The largest absolute Gasteiger partial charge is 0.493 e. The summed E-state index contributed by atoms with van der Waals surface area (Å²) in [5, 5.41) is 0. The van der Waals surface area contributed by atoms with Gasteiger partial charge in [-0.05, 0) is 38.7 Å². The molecule has 0 bridgehead atoms. The lowest BCUT2D eigenvalue weighted by Gasteiger charge is -2.13. The van der Waals surface area contributed by atoms with Crippen molar-refractivity contribution in [3.05, 3.63) is 23.8 Å². The van der Waals surface area contributed by atoms with E-state index >= 15 is 0 Å². The number of nitrogens with zero attached hydrogens (tertiary/aromatic N) is 1. The fourth-order valence-corrected chi connectivity index (χ4v) is 1.57. The van der Waals surface area contributed by atoms with E-state index in [0.717, 1.165) is 13.0 Å². The van der Waals surface area contributed by atoms with Gasteiger partial charge in [-0.15, -0.1) is 0 Å². The molecule has 6 heteroatoms. The highest BCUT2D eigenvalue weighted by molar-refractivity contribution is 5.94. The molecule has 0 spiro atoms. The SMILES string of the molecule is COc1cc(C(=O)NN)ccc1OCCCN(C)C. The van der Waals surface area contributed by atoms with Gasteiger partial charge in [-0.1, -0.05) is 0 Å². The third-order valence-corrected chi connectivity index (χ3v) is 2.56. The van der Waals surface area contributed by atoms with E-state index in [1.54, 1.807) is 18.2 Å². The standard InChI is InChI=1S/C13H21N3O3/c1-16(2)7-4-8-19-11-6-5-10(13(17)15-14)9-12(11)18-3/h5-6,9H,4,7-8,14H2,1-3H3,(H,15,17). The number of nitrogens with one attached hydrogen (secondary N) is 1. The summed E-state index contributed by atoms with van der Waals surface area (Å²) < 4.78 is 10.8. The maximum Gasteiger partial charge on any atom is 0.265 e. The van der Waals surface area contributed by atoms with E-state index in [-0.39, 0.29) is 5.91 Å². The smallest absolute Gasteiger partial charge is 0.265 e. The Bertz CT molecular complexity index is 422. The van der Waals surface area contributed by atoms with E-state index < -0.39 is 0 Å². The van der Waals surface area contributed by atoms with E-state index in [4.69, 9.17) is 15.3 Å². The summed E-state index contributed by atoms with van der Waals surface area (Å²) in [6.07, 6.45) is 0.918. The van der Waals surface area contributed by atoms with Crippen LogP contribution in [0.3, 0.4) is 0 Å². The summed E-state index contributed by atoms with van der Waals surface area (Å²) >= 11 is 0. The number of carbonyl (C=O) groups excluding carboxylic acids is 1. The summed E-state index contributed by atoms with van der Waals surface area (Å²) in [6.45, 7) is 1.55. The average Bonchev–Trinajstić information content (AvgIpc) is 2.42. The number of amides is 1. The zero-order valence-corrected chi connectivity index (χ0v) is 11.6. The number of ether oxygens (including phenoxy) is 2. The van der Waals surface area contributed by atoms with E-state index in [0.29, 0.717) is 23.7 Å². The van der Waals surface area contributed by atoms with Crippen molar-refractivity contribution >= 4 is 5.91 Å². The van der Waals surface area contributed by atoms with Gasteiger partial charge in [-0.2, -0.15) is 0 Å². The Morgan fingerprint density at radius 2 is 2.11 bits per heavy atom. The van der Waals surface area contributed by atoms with Gasteiger partial charge in [0.2, 0.25) is 0 Å². The lowest BCUT2D eigenvalue weighted by Crippen LogP contribution is -2.29. The van der Waals surface area contributed by atoms with Crippen molar-refractivity contribution in [2.24, 2.45) is 5.84 Å². The lowest BCUT2D eigenvalue weighted by molar-refractivity contribution is 0.0953. The molecule has 6 nitrogen and oxygen atoms in total. The van der Waals surface area contributed by atoms with Crippen molar-refractivity contribution in [3.8, 4) is 11.5 Å². The highest BCUT2D eigenvalue weighted by Gasteiger charge is 2.10. The van der Waals surface area contributed by atoms with Gasteiger partial charge >= 0.3 is 0 Å². The van der Waals surface area contributed by atoms with Crippen LogP contribution < -0.4 is 20.7 Å². The van der Waals surface area contributed by atoms with Crippen LogP contribution in [0.5, 0.6) is 11.5 Å². The summed E-state index contributed by atoms with van der Waals surface area (Å²) in [4.78, 5) is 13.5. The first-order chi connectivity index (χ1) is 9.08. The van der Waals surface area contributed by atoms with Gasteiger partial charge in [0.1, 0.15) is 0 Å². The number of carbonyl (C=O) groups is 1. The zero-order chi connectivity index (χ0) is 14.3. The Balaban J connectivity index is 2.65. The quantitative estimate of drug-likeness (QED) is 0.328. The molecule has 0 saturated carbocycles. The molecule has 0 aliphatic heterocycles. The molecule has 19 heavy (non-hydrogen) atoms. The zero-order valence-electron chi connectivity index (χ0n) is 11.6. The molecule has 0 saturated heterocycles. The topological polar surface area (TPSA) is 76.8 Å². The van der Waals surface area contributed by atoms with E-state index in [2.05, 4.69) is 10.3 Å². The van der Waals surface area contributed by atoms with Crippen molar-refractivity contribution in [2.75, 3.05) is 34.4 Å². The first-order valence-corrected chi connectivity index (χ1v) is 6.05. The molecule has 3 N–H and O–H groups in total. The number of nitrogen functional groups attached to an aromatic ring is 1. The van der Waals surface area contributed by atoms with Crippen LogP contribution in [0.2, 0.25) is 0 Å². The Hall–Kier alpha value is -1.79. The first kappa shape index (κ1) is 15.3. The predicted octanol–water partition coefficient (Wildman–Crippen LogP) is 0.629. The Labute approximate surface area is 113 Å². The summed E-state index contributed by atoms with van der Waals surface area (Å²) in [7, 11) is 5.56. The predicted molar refractivity (Wildman–Crippen MR) is 73.3 cm³/mol. The number of methoxy groups -OCH3 is 1. The van der Waals surface area contributed by atoms with Gasteiger partial charge in [-0.25, -0.2) is 5.84 Å². The Morgan fingerprint density at radius 1 is 1.37 bits per heavy atom. The monoisotopic (exact) mass is 267 g/mol. The van der Waals surface area contributed by atoms with E-state index in [1.165, 1.54) is 7.11 Å². The Kier molecular flexibility index (Phi) is 6.11. The third-order valence-electron chi connectivity index (χ3n) is 2.56. The minimum Gasteiger partial charge on any atom is -0.493 e. The molecule has 0 unspecified atom stereocenters. The van der Waals surface area contributed by atoms with E-state index in [1.807, 2.05) is 14.1 Å². The third kappa shape index (κ3) is 4.76. The van der Waals surface area contributed by atoms with E-state index in [9.17, 15) is 4.79 Å². The van der Waals surface area contributed by atoms with Gasteiger partial charge in [0.25, 0.3) is 5.91 Å². The Morgan fingerprint density at radius 3 is 2.68 bits per heavy atom. The number of nitrogens with two attached hydrogens (primary N) is 1. The fourth-order valence-electron chi connectivity index (χ4n) is 1.57. The number of rotatable bonds is 7. The van der Waals surface area contributed by atoms with Crippen LogP contribution in [0.1, 0.15) is 16.8 Å². The minimum atomic E-state index is -0.363. The van der Waals surface area contributed by atoms with Crippen molar-refractivity contribution in [2.45, 2.75) is 6.42 Å². The second kappa shape index (κ2) is 7.60. The summed E-state index contributed by atoms with van der Waals surface area (Å²) in [6, 6.07) is 4.95. The molecule has 0 aliphatic carbocycles. The lowest BCUT2D eigenvalue weighted by atomic mass is 10.2. The van der Waals surface area contributed by atoms with Crippen molar-refractivity contribution < 1.29 is 14.3 Å². The molecule has 106 valence electrons. The van der Waals surface area contributed by atoms with Crippen LogP contribution in [0, 0.1) is 0 Å². The fraction of sp³-hybridized carbons (Fsp3) is 0.462. The van der Waals surface area contributed by atoms with Gasteiger partial charge < -0.3 is 14.4 Å². The molecular weight excluding hydrogens is 246 g/mol. The van der Waals surface area contributed by atoms with Crippen LogP contribution in [-0.2, 0) is 0 Å². The van der Waals surface area contributed by atoms with Gasteiger partial charge in [-0.3, -0.25) is 10.2 Å². The van der Waals surface area contributed by atoms with Gasteiger partial charge in [0.05, 0.1) is 13.7 Å². The summed E-state index contributed by atoms with van der Waals surface area (Å²) in [5.41, 5.74) is 2.51. The first-order valence-electron chi connectivity index (χ1n) is 6.05. The van der Waals surface area contributed by atoms with Crippen LogP contribution in [-0.4, -0.2) is 45.2 Å².